The lowest BCUT2D eigenvalue weighted by molar-refractivity contribution is 0.469. The Morgan fingerprint density at radius 1 is 0.800 bits per heavy atom. The first-order valence-corrected chi connectivity index (χ1v) is 6.58. The monoisotopic (exact) mass is 219 g/mol. The van der Waals surface area contributed by atoms with Crippen molar-refractivity contribution < 1.29 is 0 Å². The molecule has 0 spiro atoms. The molecule has 0 aromatic rings. The van der Waals surface area contributed by atoms with Crippen LogP contribution < -0.4 is 5.32 Å². The molecule has 98 valence electrons. The number of nitrogens with one attached hydrogen (secondary N) is 1. The molecule has 0 aliphatic carbocycles. The summed E-state index contributed by atoms with van der Waals surface area (Å²) in [6.45, 7) is 19.0. The van der Waals surface area contributed by atoms with Crippen LogP contribution >= 0.6 is 0 Å². The van der Waals surface area contributed by atoms with Crippen LogP contribution in [-0.4, -0.2) is 12.6 Å². The Morgan fingerprint density at radius 2 is 0.933 bits per heavy atom. The predicted molar refractivity (Wildman–Crippen MR) is 76.7 cm³/mol. The predicted octanol–water partition coefficient (Wildman–Crippen LogP) is 5.25. The Labute approximate surface area is 100 Å². The zero-order chi connectivity index (χ0) is 13.3. The highest BCUT2D eigenvalue weighted by Gasteiger charge is 2.01. The fraction of sp³-hybridized carbons (Fsp3) is 1.00. The van der Waals surface area contributed by atoms with Crippen molar-refractivity contribution in [3.63, 3.8) is 0 Å². The van der Waals surface area contributed by atoms with Crippen LogP contribution in [0, 0.1) is 0 Å². The second-order valence-electron chi connectivity index (χ2n) is 4.21. The molecule has 0 saturated carbocycles. The standard InChI is InChI=1S/C5H13N.C4H10.C3H8.C2H6/c1-5(2,3)6-4;1-3-4-2;1-3-2;1-2/h6H,1-4H3;3-4H2,1-2H3;3H2,1-2H3;1-2H3. The summed E-state index contributed by atoms with van der Waals surface area (Å²) in [6, 6.07) is 0. The maximum Gasteiger partial charge on any atom is 0.00935 e. The summed E-state index contributed by atoms with van der Waals surface area (Å²) in [6.07, 6.45) is 3.89. The molecule has 0 saturated heterocycles. The Morgan fingerprint density at radius 3 is 0.933 bits per heavy atom. The van der Waals surface area contributed by atoms with Crippen LogP contribution in [0.4, 0.5) is 0 Å². The van der Waals surface area contributed by atoms with Gasteiger partial charge in [-0.25, -0.2) is 0 Å². The summed E-state index contributed by atoms with van der Waals surface area (Å²) >= 11 is 0. The molecule has 0 atom stereocenters. The third-order valence-electron chi connectivity index (χ3n) is 1.25. The summed E-state index contributed by atoms with van der Waals surface area (Å²) in [5.74, 6) is 0. The van der Waals surface area contributed by atoms with Gasteiger partial charge >= 0.3 is 0 Å². The van der Waals surface area contributed by atoms with E-state index in [1.807, 2.05) is 20.9 Å². The molecule has 0 fully saturated rings. The summed E-state index contributed by atoms with van der Waals surface area (Å²) < 4.78 is 0. The van der Waals surface area contributed by atoms with Gasteiger partial charge in [-0.05, 0) is 27.8 Å². The topological polar surface area (TPSA) is 12.0 Å². The van der Waals surface area contributed by atoms with Gasteiger partial charge in [-0.15, -0.1) is 0 Å². The first kappa shape index (κ1) is 24.3. The van der Waals surface area contributed by atoms with Gasteiger partial charge in [-0.1, -0.05) is 60.8 Å². The van der Waals surface area contributed by atoms with Gasteiger partial charge in [-0.3, -0.25) is 0 Å². The largest absolute Gasteiger partial charge is 0.315 e. The molecule has 0 rings (SSSR count). The van der Waals surface area contributed by atoms with E-state index < -0.39 is 0 Å². The van der Waals surface area contributed by atoms with Gasteiger partial charge in [0.05, 0.1) is 0 Å². The van der Waals surface area contributed by atoms with Gasteiger partial charge in [0.1, 0.15) is 0 Å². The van der Waals surface area contributed by atoms with E-state index in [4.69, 9.17) is 0 Å². The minimum atomic E-state index is 0.292. The Bertz CT molecular complexity index is 60.2. The Balaban J connectivity index is -0.0000000590. The molecule has 15 heavy (non-hydrogen) atoms. The highest BCUT2D eigenvalue weighted by molar-refractivity contribution is 4.65. The highest BCUT2D eigenvalue weighted by atomic mass is 14.9. The Hall–Kier alpha value is -0.0400. The molecular formula is C14H37N. The van der Waals surface area contributed by atoms with Crippen molar-refractivity contribution in [1.29, 1.82) is 0 Å². The lowest BCUT2D eigenvalue weighted by Crippen LogP contribution is -2.31. The van der Waals surface area contributed by atoms with Crippen molar-refractivity contribution in [2.24, 2.45) is 0 Å². The molecule has 0 aromatic carbocycles. The number of hydrogen-bond donors (Lipinski definition) is 1. The van der Waals surface area contributed by atoms with Gasteiger partial charge in [0, 0.05) is 5.54 Å². The van der Waals surface area contributed by atoms with Gasteiger partial charge in [0.2, 0.25) is 0 Å². The molecule has 0 heterocycles. The molecule has 1 nitrogen and oxygen atoms in total. The number of rotatable bonds is 1. The maximum absolute atomic E-state index is 3.10. The smallest absolute Gasteiger partial charge is 0.00935 e. The third-order valence-corrected chi connectivity index (χ3v) is 1.25. The van der Waals surface area contributed by atoms with Crippen LogP contribution in [0.2, 0.25) is 0 Å². The summed E-state index contributed by atoms with van der Waals surface area (Å²) in [5.41, 5.74) is 0.292. The first-order valence-electron chi connectivity index (χ1n) is 6.58. The lowest BCUT2D eigenvalue weighted by atomic mass is 10.1. The van der Waals surface area contributed by atoms with E-state index in [-0.39, 0.29) is 0 Å². The number of unbranched alkanes of at least 4 members (excludes halogenated alkanes) is 1. The quantitative estimate of drug-likeness (QED) is 0.635. The number of hydrogen-bond acceptors (Lipinski definition) is 1. The Kier molecular flexibility index (Phi) is 38.2. The minimum absolute atomic E-state index is 0.292. The van der Waals surface area contributed by atoms with Crippen LogP contribution in [-0.2, 0) is 0 Å². The van der Waals surface area contributed by atoms with Crippen molar-refractivity contribution >= 4 is 0 Å². The van der Waals surface area contributed by atoms with Crippen molar-refractivity contribution in [2.45, 2.75) is 87.1 Å². The van der Waals surface area contributed by atoms with Crippen molar-refractivity contribution in [1.82, 2.24) is 5.32 Å². The van der Waals surface area contributed by atoms with Gasteiger partial charge in [0.25, 0.3) is 0 Å². The van der Waals surface area contributed by atoms with E-state index >= 15 is 0 Å². The molecule has 1 N–H and O–H groups in total. The van der Waals surface area contributed by atoms with Crippen molar-refractivity contribution in [2.75, 3.05) is 7.05 Å². The molecule has 0 bridgehead atoms. The van der Waals surface area contributed by atoms with Gasteiger partial charge in [0.15, 0.2) is 0 Å². The van der Waals surface area contributed by atoms with Crippen LogP contribution in [0.1, 0.15) is 81.6 Å². The second kappa shape index (κ2) is 23.6. The molecular weight excluding hydrogens is 182 g/mol. The minimum Gasteiger partial charge on any atom is -0.315 e. The van der Waals surface area contributed by atoms with E-state index in [2.05, 4.69) is 53.8 Å². The van der Waals surface area contributed by atoms with Crippen molar-refractivity contribution in [3.05, 3.63) is 0 Å². The van der Waals surface area contributed by atoms with Gasteiger partial charge in [-0.2, -0.15) is 0 Å². The second-order valence-corrected chi connectivity index (χ2v) is 4.21. The van der Waals surface area contributed by atoms with E-state index in [1.54, 1.807) is 0 Å². The van der Waals surface area contributed by atoms with Crippen LogP contribution in [0.3, 0.4) is 0 Å². The zero-order valence-electron chi connectivity index (χ0n) is 13.1. The SMILES string of the molecule is CC.CCC.CCCC.CNC(C)(C)C. The first-order chi connectivity index (χ1) is 6.89. The van der Waals surface area contributed by atoms with Crippen LogP contribution in [0.5, 0.6) is 0 Å². The molecule has 0 aliphatic heterocycles. The summed E-state index contributed by atoms with van der Waals surface area (Å²) in [7, 11) is 1.96. The van der Waals surface area contributed by atoms with E-state index in [1.165, 1.54) is 19.3 Å². The maximum atomic E-state index is 3.10. The average Bonchev–Trinajstić information content (AvgIpc) is 2.21. The highest BCUT2D eigenvalue weighted by Crippen LogP contribution is 1.93. The van der Waals surface area contributed by atoms with Crippen LogP contribution in [0.25, 0.3) is 0 Å². The van der Waals surface area contributed by atoms with Gasteiger partial charge < -0.3 is 5.32 Å². The molecule has 0 aliphatic rings. The molecule has 1 heteroatoms. The fourth-order valence-electron chi connectivity index (χ4n) is 0. The average molecular weight is 219 g/mol. The summed E-state index contributed by atoms with van der Waals surface area (Å²) in [4.78, 5) is 0. The molecule has 0 radical (unpaired) electrons. The van der Waals surface area contributed by atoms with E-state index in [9.17, 15) is 0 Å². The normalized spacial score (nSPS) is 8.40. The van der Waals surface area contributed by atoms with Crippen molar-refractivity contribution in [3.8, 4) is 0 Å². The van der Waals surface area contributed by atoms with Crippen LogP contribution in [0.15, 0.2) is 0 Å². The fourth-order valence-corrected chi connectivity index (χ4v) is 0. The molecule has 0 unspecified atom stereocenters. The molecule has 0 aromatic heterocycles. The van der Waals surface area contributed by atoms with E-state index in [0.29, 0.717) is 5.54 Å². The zero-order valence-corrected chi connectivity index (χ0v) is 13.1. The summed E-state index contributed by atoms with van der Waals surface area (Å²) in [5, 5.41) is 3.10. The van der Waals surface area contributed by atoms with E-state index in [0.717, 1.165) is 0 Å². The lowest BCUT2D eigenvalue weighted by Gasteiger charge is -2.15. The third kappa shape index (κ3) is 127. The molecule has 0 amide bonds.